The van der Waals surface area contributed by atoms with Crippen molar-refractivity contribution in [2.45, 2.75) is 64.0 Å². The number of carbonyl (C=O) groups excluding carboxylic acids is 1. The van der Waals surface area contributed by atoms with Crippen LogP contribution < -0.4 is 5.73 Å². The van der Waals surface area contributed by atoms with Crippen LogP contribution in [0.2, 0.25) is 0 Å². The molecule has 0 aromatic rings. The van der Waals surface area contributed by atoms with E-state index in [4.69, 9.17) is 15.2 Å². The summed E-state index contributed by atoms with van der Waals surface area (Å²) >= 11 is 0. The molecule has 4 nitrogen and oxygen atoms in total. The van der Waals surface area contributed by atoms with Crippen molar-refractivity contribution >= 4 is 5.97 Å². The number of hydrogen-bond donors (Lipinski definition) is 1. The summed E-state index contributed by atoms with van der Waals surface area (Å²) in [5.74, 6) is 0.420. The molecule has 4 heteroatoms. The van der Waals surface area contributed by atoms with Gasteiger partial charge in [0.05, 0.1) is 12.2 Å². The first kappa shape index (κ1) is 15.4. The predicted molar refractivity (Wildman–Crippen MR) is 71.2 cm³/mol. The van der Waals surface area contributed by atoms with Gasteiger partial charge in [0.25, 0.3) is 0 Å². The Hall–Kier alpha value is -0.610. The zero-order valence-electron chi connectivity index (χ0n) is 12.1. The van der Waals surface area contributed by atoms with Crippen LogP contribution in [0.5, 0.6) is 0 Å². The van der Waals surface area contributed by atoms with E-state index in [1.54, 1.807) is 7.11 Å². The maximum Gasteiger partial charge on any atom is 0.326 e. The van der Waals surface area contributed by atoms with E-state index in [9.17, 15) is 4.79 Å². The molecule has 1 aliphatic carbocycles. The molecular weight excluding hydrogens is 230 g/mol. The van der Waals surface area contributed by atoms with Crippen molar-refractivity contribution < 1.29 is 14.3 Å². The molecular formula is C14H27NO3. The Morgan fingerprint density at radius 1 is 1.39 bits per heavy atom. The van der Waals surface area contributed by atoms with E-state index in [1.165, 1.54) is 0 Å². The Morgan fingerprint density at radius 2 is 1.94 bits per heavy atom. The minimum Gasteiger partial charge on any atom is -0.464 e. The Labute approximate surface area is 110 Å². The van der Waals surface area contributed by atoms with Gasteiger partial charge in [-0.15, -0.1) is 0 Å². The second-order valence-electron chi connectivity index (χ2n) is 6.19. The van der Waals surface area contributed by atoms with Crippen LogP contribution in [0.4, 0.5) is 0 Å². The van der Waals surface area contributed by atoms with Crippen molar-refractivity contribution in [1.82, 2.24) is 0 Å². The molecule has 18 heavy (non-hydrogen) atoms. The summed E-state index contributed by atoms with van der Waals surface area (Å²) < 4.78 is 10.6. The molecule has 0 bridgehead atoms. The van der Waals surface area contributed by atoms with E-state index in [0.29, 0.717) is 18.9 Å². The summed E-state index contributed by atoms with van der Waals surface area (Å²) in [6.07, 6.45) is 4.17. The number of carbonyl (C=O) groups is 1. The molecule has 106 valence electrons. The zero-order chi connectivity index (χ0) is 13.8. The third-order valence-electron chi connectivity index (χ3n) is 4.06. The molecule has 1 rings (SSSR count). The molecule has 1 aliphatic rings. The SMILES string of the molecule is COC(C)(C)CCOC(=O)C1(N)CCC(C)CC1. The highest BCUT2D eigenvalue weighted by Crippen LogP contribution is 2.31. The van der Waals surface area contributed by atoms with Crippen LogP contribution in [0.25, 0.3) is 0 Å². The maximum atomic E-state index is 12.0. The van der Waals surface area contributed by atoms with Gasteiger partial charge in [-0.3, -0.25) is 4.79 Å². The number of hydrogen-bond acceptors (Lipinski definition) is 4. The van der Waals surface area contributed by atoms with E-state index in [-0.39, 0.29) is 11.6 Å². The van der Waals surface area contributed by atoms with Gasteiger partial charge in [0.2, 0.25) is 0 Å². The van der Waals surface area contributed by atoms with Gasteiger partial charge in [0.1, 0.15) is 5.54 Å². The minimum absolute atomic E-state index is 0.249. The first-order valence-electron chi connectivity index (χ1n) is 6.80. The summed E-state index contributed by atoms with van der Waals surface area (Å²) in [7, 11) is 1.66. The van der Waals surface area contributed by atoms with Gasteiger partial charge in [0, 0.05) is 13.5 Å². The highest BCUT2D eigenvalue weighted by atomic mass is 16.5. The normalized spacial score (nSPS) is 29.1. The van der Waals surface area contributed by atoms with Gasteiger partial charge in [-0.25, -0.2) is 0 Å². The summed E-state index contributed by atoms with van der Waals surface area (Å²) in [6.45, 7) is 6.52. The first-order chi connectivity index (χ1) is 8.29. The molecule has 2 N–H and O–H groups in total. The van der Waals surface area contributed by atoms with Gasteiger partial charge < -0.3 is 15.2 Å². The summed E-state index contributed by atoms with van der Waals surface area (Å²) in [4.78, 5) is 12.0. The molecule has 0 aromatic heterocycles. The number of nitrogens with two attached hydrogens (primary N) is 1. The van der Waals surface area contributed by atoms with Crippen molar-refractivity contribution in [3.63, 3.8) is 0 Å². The van der Waals surface area contributed by atoms with Gasteiger partial charge in [-0.05, 0) is 45.4 Å². The molecule has 1 fully saturated rings. The third-order valence-corrected chi connectivity index (χ3v) is 4.06. The summed E-state index contributed by atoms with van der Waals surface area (Å²) in [5.41, 5.74) is 5.12. The Balaban J connectivity index is 2.36. The van der Waals surface area contributed by atoms with Crippen LogP contribution in [-0.2, 0) is 14.3 Å². The molecule has 0 amide bonds. The van der Waals surface area contributed by atoms with E-state index < -0.39 is 5.54 Å². The molecule has 0 aromatic carbocycles. The molecule has 0 heterocycles. The van der Waals surface area contributed by atoms with Crippen LogP contribution >= 0.6 is 0 Å². The Morgan fingerprint density at radius 3 is 2.44 bits per heavy atom. The smallest absolute Gasteiger partial charge is 0.326 e. The molecule has 0 unspecified atom stereocenters. The van der Waals surface area contributed by atoms with Crippen molar-refractivity contribution in [2.24, 2.45) is 11.7 Å². The van der Waals surface area contributed by atoms with E-state index in [2.05, 4.69) is 6.92 Å². The molecule has 1 saturated carbocycles. The second kappa shape index (κ2) is 6.02. The zero-order valence-corrected chi connectivity index (χ0v) is 12.1. The third kappa shape index (κ3) is 4.25. The standard InChI is InChI=1S/C14H27NO3/c1-11-5-7-14(15,8-6-11)12(16)18-10-9-13(2,3)17-4/h11H,5-10,15H2,1-4H3. The summed E-state index contributed by atoms with van der Waals surface area (Å²) in [6, 6.07) is 0. The van der Waals surface area contributed by atoms with Crippen LogP contribution in [0.15, 0.2) is 0 Å². The fourth-order valence-corrected chi connectivity index (χ4v) is 2.12. The predicted octanol–water partition coefficient (Wildman–Crippen LogP) is 2.25. The summed E-state index contributed by atoms with van der Waals surface area (Å²) in [5, 5.41) is 0. The maximum absolute atomic E-state index is 12.0. The van der Waals surface area contributed by atoms with Crippen molar-refractivity contribution in [1.29, 1.82) is 0 Å². The largest absolute Gasteiger partial charge is 0.464 e. The fraction of sp³-hybridized carbons (Fsp3) is 0.929. The van der Waals surface area contributed by atoms with Gasteiger partial charge in [-0.1, -0.05) is 6.92 Å². The first-order valence-corrected chi connectivity index (χ1v) is 6.80. The topological polar surface area (TPSA) is 61.5 Å². The van der Waals surface area contributed by atoms with E-state index in [0.717, 1.165) is 25.7 Å². The van der Waals surface area contributed by atoms with Gasteiger partial charge in [0.15, 0.2) is 0 Å². The monoisotopic (exact) mass is 257 g/mol. The fourth-order valence-electron chi connectivity index (χ4n) is 2.12. The second-order valence-corrected chi connectivity index (χ2v) is 6.19. The quantitative estimate of drug-likeness (QED) is 0.767. The average Bonchev–Trinajstić information content (AvgIpc) is 2.33. The van der Waals surface area contributed by atoms with Crippen LogP contribution in [0.1, 0.15) is 52.9 Å². The van der Waals surface area contributed by atoms with Crippen LogP contribution in [0, 0.1) is 5.92 Å². The van der Waals surface area contributed by atoms with Crippen molar-refractivity contribution in [3.05, 3.63) is 0 Å². The molecule has 0 aliphatic heterocycles. The van der Waals surface area contributed by atoms with E-state index in [1.807, 2.05) is 13.8 Å². The number of ether oxygens (including phenoxy) is 2. The number of rotatable bonds is 5. The molecule has 0 saturated heterocycles. The molecule has 0 spiro atoms. The van der Waals surface area contributed by atoms with Crippen molar-refractivity contribution in [2.75, 3.05) is 13.7 Å². The Bertz CT molecular complexity index is 281. The molecule has 0 radical (unpaired) electrons. The lowest BCUT2D eigenvalue weighted by Crippen LogP contribution is -2.51. The van der Waals surface area contributed by atoms with Gasteiger partial charge in [-0.2, -0.15) is 0 Å². The van der Waals surface area contributed by atoms with Crippen molar-refractivity contribution in [3.8, 4) is 0 Å². The number of esters is 1. The average molecular weight is 257 g/mol. The van der Waals surface area contributed by atoms with Crippen LogP contribution in [0.3, 0.4) is 0 Å². The van der Waals surface area contributed by atoms with Gasteiger partial charge >= 0.3 is 5.97 Å². The lowest BCUT2D eigenvalue weighted by Gasteiger charge is -2.34. The highest BCUT2D eigenvalue weighted by molar-refractivity contribution is 5.80. The van der Waals surface area contributed by atoms with Crippen LogP contribution in [-0.4, -0.2) is 30.8 Å². The lowest BCUT2D eigenvalue weighted by atomic mass is 9.78. The Kier molecular flexibility index (Phi) is 5.17. The molecule has 0 atom stereocenters. The van der Waals surface area contributed by atoms with E-state index >= 15 is 0 Å². The lowest BCUT2D eigenvalue weighted by molar-refractivity contribution is -0.153. The highest BCUT2D eigenvalue weighted by Gasteiger charge is 2.38. The minimum atomic E-state index is -0.760. The number of methoxy groups -OCH3 is 1.